The first-order chi connectivity index (χ1) is 5.13. The zero-order chi connectivity index (χ0) is 8.85. The molecule has 0 rings (SSSR count). The van der Waals surface area contributed by atoms with Gasteiger partial charge in [0.05, 0.1) is 0 Å². The van der Waals surface area contributed by atoms with Crippen LogP contribution in [0.25, 0.3) is 0 Å². The summed E-state index contributed by atoms with van der Waals surface area (Å²) in [6.45, 7) is 9.65. The Labute approximate surface area is 68.5 Å². The standard InChI is InChI=1S/C9H16N2/c1-5-11-9(7(2)3)8(4)6-10/h5-7H,1,10H2,2-4H3/b8-6-,11-9?. The zero-order valence-corrected chi connectivity index (χ0v) is 7.46. The van der Waals surface area contributed by atoms with E-state index in [1.807, 2.05) is 6.92 Å². The van der Waals surface area contributed by atoms with Gasteiger partial charge in [0.1, 0.15) is 0 Å². The van der Waals surface area contributed by atoms with Crippen molar-refractivity contribution in [3.8, 4) is 0 Å². The molecule has 0 atom stereocenters. The average molecular weight is 152 g/mol. The minimum absolute atomic E-state index is 0.396. The van der Waals surface area contributed by atoms with E-state index in [9.17, 15) is 0 Å². The normalized spacial score (nSPS) is 13.8. The van der Waals surface area contributed by atoms with Crippen molar-refractivity contribution >= 4 is 5.71 Å². The molecule has 0 aliphatic heterocycles. The lowest BCUT2D eigenvalue weighted by atomic mass is 10.0. The summed E-state index contributed by atoms with van der Waals surface area (Å²) in [4.78, 5) is 4.13. The minimum atomic E-state index is 0.396. The highest BCUT2D eigenvalue weighted by Crippen LogP contribution is 2.06. The first-order valence-corrected chi connectivity index (χ1v) is 3.71. The number of rotatable bonds is 3. The van der Waals surface area contributed by atoms with Gasteiger partial charge in [-0.25, -0.2) is 0 Å². The van der Waals surface area contributed by atoms with Gasteiger partial charge in [-0.1, -0.05) is 20.4 Å². The Morgan fingerprint density at radius 1 is 1.55 bits per heavy atom. The van der Waals surface area contributed by atoms with Crippen LogP contribution in [0, 0.1) is 5.92 Å². The molecule has 62 valence electrons. The second-order valence-electron chi connectivity index (χ2n) is 2.70. The number of aliphatic imine (C=N–C) groups is 1. The van der Waals surface area contributed by atoms with Crippen LogP contribution < -0.4 is 5.73 Å². The Hall–Kier alpha value is -1.05. The van der Waals surface area contributed by atoms with Gasteiger partial charge in [-0.15, -0.1) is 0 Å². The van der Waals surface area contributed by atoms with Crippen LogP contribution in [0.15, 0.2) is 29.5 Å². The van der Waals surface area contributed by atoms with E-state index in [4.69, 9.17) is 5.73 Å². The third-order valence-corrected chi connectivity index (χ3v) is 1.43. The summed E-state index contributed by atoms with van der Waals surface area (Å²) in [5.74, 6) is 0.396. The molecule has 0 aliphatic carbocycles. The SMILES string of the molecule is C=CN=C(/C(C)=C\N)C(C)C. The summed E-state index contributed by atoms with van der Waals surface area (Å²) in [6.07, 6.45) is 3.12. The molecule has 2 heteroatoms. The van der Waals surface area contributed by atoms with Crippen LogP contribution in [0.1, 0.15) is 20.8 Å². The van der Waals surface area contributed by atoms with E-state index in [1.165, 1.54) is 0 Å². The second-order valence-corrected chi connectivity index (χ2v) is 2.70. The number of nitrogens with two attached hydrogens (primary N) is 1. The van der Waals surface area contributed by atoms with Crippen LogP contribution in [0.4, 0.5) is 0 Å². The summed E-state index contributed by atoms with van der Waals surface area (Å²) in [5.41, 5.74) is 7.38. The molecule has 0 aromatic heterocycles. The molecule has 0 unspecified atom stereocenters. The van der Waals surface area contributed by atoms with Crippen LogP contribution in [0.2, 0.25) is 0 Å². The van der Waals surface area contributed by atoms with Crippen LogP contribution in [-0.2, 0) is 0 Å². The first-order valence-electron chi connectivity index (χ1n) is 3.71. The van der Waals surface area contributed by atoms with Gasteiger partial charge in [0.15, 0.2) is 0 Å². The van der Waals surface area contributed by atoms with Crippen molar-refractivity contribution < 1.29 is 0 Å². The molecule has 0 fully saturated rings. The molecule has 2 nitrogen and oxygen atoms in total. The van der Waals surface area contributed by atoms with E-state index >= 15 is 0 Å². The van der Waals surface area contributed by atoms with Gasteiger partial charge in [-0.2, -0.15) is 0 Å². The van der Waals surface area contributed by atoms with Crippen molar-refractivity contribution in [3.05, 3.63) is 24.6 Å². The molecule has 11 heavy (non-hydrogen) atoms. The van der Waals surface area contributed by atoms with Crippen molar-refractivity contribution in [1.29, 1.82) is 0 Å². The van der Waals surface area contributed by atoms with E-state index in [0.29, 0.717) is 5.92 Å². The van der Waals surface area contributed by atoms with E-state index in [-0.39, 0.29) is 0 Å². The molecule has 0 spiro atoms. The first kappa shape index (κ1) is 9.95. The molecule has 0 bridgehead atoms. The van der Waals surface area contributed by atoms with Crippen molar-refractivity contribution in [2.75, 3.05) is 0 Å². The van der Waals surface area contributed by atoms with E-state index in [1.54, 1.807) is 12.4 Å². The van der Waals surface area contributed by atoms with Gasteiger partial charge in [0, 0.05) is 11.9 Å². The summed E-state index contributed by atoms with van der Waals surface area (Å²) < 4.78 is 0. The maximum absolute atomic E-state index is 5.36. The number of hydrogen-bond acceptors (Lipinski definition) is 2. The van der Waals surface area contributed by atoms with Crippen LogP contribution in [-0.4, -0.2) is 5.71 Å². The molecular weight excluding hydrogens is 136 g/mol. The van der Waals surface area contributed by atoms with Crippen molar-refractivity contribution in [3.63, 3.8) is 0 Å². The zero-order valence-electron chi connectivity index (χ0n) is 7.46. The van der Waals surface area contributed by atoms with Gasteiger partial charge < -0.3 is 5.73 Å². The van der Waals surface area contributed by atoms with Crippen molar-refractivity contribution in [2.24, 2.45) is 16.6 Å². The molecule has 0 aromatic carbocycles. The van der Waals surface area contributed by atoms with Crippen LogP contribution >= 0.6 is 0 Å². The molecular formula is C9H16N2. The van der Waals surface area contributed by atoms with Crippen LogP contribution in [0.3, 0.4) is 0 Å². The maximum Gasteiger partial charge on any atom is 0.0472 e. The Morgan fingerprint density at radius 3 is 2.36 bits per heavy atom. The molecule has 2 N–H and O–H groups in total. The number of nitrogens with zero attached hydrogens (tertiary/aromatic N) is 1. The van der Waals surface area contributed by atoms with Gasteiger partial charge >= 0.3 is 0 Å². The highest BCUT2D eigenvalue weighted by atomic mass is 14.7. The summed E-state index contributed by atoms with van der Waals surface area (Å²) in [7, 11) is 0. The number of hydrogen-bond donors (Lipinski definition) is 1. The maximum atomic E-state index is 5.36. The Bertz CT molecular complexity index is 188. The molecule has 0 aromatic rings. The van der Waals surface area contributed by atoms with E-state index in [2.05, 4.69) is 25.4 Å². The smallest absolute Gasteiger partial charge is 0.0472 e. The fourth-order valence-corrected chi connectivity index (χ4v) is 0.890. The molecule has 0 saturated carbocycles. The lowest BCUT2D eigenvalue weighted by molar-refractivity contribution is 0.881. The second kappa shape index (κ2) is 4.72. The quantitative estimate of drug-likeness (QED) is 0.618. The lowest BCUT2D eigenvalue weighted by Crippen LogP contribution is -2.09. The molecule has 0 radical (unpaired) electrons. The topological polar surface area (TPSA) is 38.4 Å². The van der Waals surface area contributed by atoms with Gasteiger partial charge in [0.25, 0.3) is 0 Å². The third-order valence-electron chi connectivity index (χ3n) is 1.43. The molecule has 0 saturated heterocycles. The van der Waals surface area contributed by atoms with Crippen LogP contribution in [0.5, 0.6) is 0 Å². The Kier molecular flexibility index (Phi) is 4.27. The lowest BCUT2D eigenvalue weighted by Gasteiger charge is -2.08. The average Bonchev–Trinajstić information content (AvgIpc) is 1.98. The molecule has 0 aliphatic rings. The highest BCUT2D eigenvalue weighted by Gasteiger charge is 2.05. The summed E-state index contributed by atoms with van der Waals surface area (Å²) in [5, 5.41) is 0. The highest BCUT2D eigenvalue weighted by molar-refractivity contribution is 6.01. The third kappa shape index (κ3) is 3.03. The monoisotopic (exact) mass is 152 g/mol. The fraction of sp³-hybridized carbons (Fsp3) is 0.444. The molecule has 0 heterocycles. The largest absolute Gasteiger partial charge is 0.404 e. The van der Waals surface area contributed by atoms with E-state index in [0.717, 1.165) is 11.3 Å². The van der Waals surface area contributed by atoms with Crippen molar-refractivity contribution in [1.82, 2.24) is 0 Å². The predicted molar refractivity (Wildman–Crippen MR) is 50.4 cm³/mol. The Morgan fingerprint density at radius 2 is 2.09 bits per heavy atom. The molecule has 0 amide bonds. The van der Waals surface area contributed by atoms with Gasteiger partial charge in [-0.05, 0) is 24.6 Å². The Balaban J connectivity index is 4.61. The minimum Gasteiger partial charge on any atom is -0.404 e. The predicted octanol–water partition coefficient (Wildman–Crippen LogP) is 2.09. The fourth-order valence-electron chi connectivity index (χ4n) is 0.890. The van der Waals surface area contributed by atoms with Crippen molar-refractivity contribution in [2.45, 2.75) is 20.8 Å². The van der Waals surface area contributed by atoms with E-state index < -0.39 is 0 Å². The van der Waals surface area contributed by atoms with Gasteiger partial charge in [-0.3, -0.25) is 4.99 Å². The summed E-state index contributed by atoms with van der Waals surface area (Å²) in [6, 6.07) is 0. The summed E-state index contributed by atoms with van der Waals surface area (Å²) >= 11 is 0. The van der Waals surface area contributed by atoms with Gasteiger partial charge in [0.2, 0.25) is 0 Å². The number of allylic oxidation sites excluding steroid dienone is 1.